The predicted octanol–water partition coefficient (Wildman–Crippen LogP) is 2.29. The molecule has 1 aromatic carbocycles. The number of carbonyl (C=O) groups is 1. The average molecular weight is 291 g/mol. The Labute approximate surface area is 124 Å². The molecule has 0 bridgehead atoms. The van der Waals surface area contributed by atoms with E-state index in [2.05, 4.69) is 0 Å². The van der Waals surface area contributed by atoms with Crippen molar-refractivity contribution in [1.82, 2.24) is 0 Å². The van der Waals surface area contributed by atoms with Gasteiger partial charge in [-0.2, -0.15) is 0 Å². The summed E-state index contributed by atoms with van der Waals surface area (Å²) in [5, 5.41) is 0. The van der Waals surface area contributed by atoms with Crippen molar-refractivity contribution in [3.05, 3.63) is 24.3 Å². The summed E-state index contributed by atoms with van der Waals surface area (Å²) in [5.74, 6) is 0.244. The molecule has 5 heteroatoms. The smallest absolute Gasteiger partial charge is 0.344 e. The van der Waals surface area contributed by atoms with Gasteiger partial charge in [-0.05, 0) is 31.4 Å². The number of nitrogen functional groups attached to an aromatic ring is 1. The summed E-state index contributed by atoms with van der Waals surface area (Å²) in [5.41, 5.74) is 6.25. The van der Waals surface area contributed by atoms with E-state index in [9.17, 15) is 4.79 Å². The molecular weight excluding hydrogens is 270 g/mol. The van der Waals surface area contributed by atoms with E-state index in [1.54, 1.807) is 24.3 Å². The van der Waals surface area contributed by atoms with Crippen LogP contribution in [0.15, 0.2) is 24.3 Å². The Bertz CT molecular complexity index is 513. The Morgan fingerprint density at radius 2 is 2.29 bits per heavy atom. The van der Waals surface area contributed by atoms with Crippen LogP contribution in [-0.4, -0.2) is 30.9 Å². The van der Waals surface area contributed by atoms with Gasteiger partial charge in [-0.3, -0.25) is 0 Å². The quantitative estimate of drug-likeness (QED) is 0.681. The number of ether oxygens (including phenoxy) is 3. The minimum absolute atomic E-state index is 0.0159. The van der Waals surface area contributed by atoms with Gasteiger partial charge in [0, 0.05) is 24.6 Å². The van der Waals surface area contributed by atoms with Gasteiger partial charge in [0.05, 0.1) is 12.2 Å². The maximum Gasteiger partial charge on any atom is 0.344 e. The van der Waals surface area contributed by atoms with Crippen molar-refractivity contribution < 1.29 is 19.0 Å². The highest BCUT2D eigenvalue weighted by Crippen LogP contribution is 2.42. The molecule has 0 amide bonds. The predicted molar refractivity (Wildman–Crippen MR) is 78.0 cm³/mol. The molecule has 2 fully saturated rings. The second kappa shape index (κ2) is 5.93. The van der Waals surface area contributed by atoms with Crippen LogP contribution in [0.25, 0.3) is 0 Å². The molecule has 1 heterocycles. The minimum atomic E-state index is -0.334. The summed E-state index contributed by atoms with van der Waals surface area (Å²) in [4.78, 5) is 11.9. The number of anilines is 1. The molecule has 1 unspecified atom stereocenters. The molecule has 1 aliphatic carbocycles. The maximum absolute atomic E-state index is 11.9. The first-order valence-corrected chi connectivity index (χ1v) is 7.47. The zero-order chi connectivity index (χ0) is 14.7. The average Bonchev–Trinajstić information content (AvgIpc) is 2.44. The number of hydrogen-bond donors (Lipinski definition) is 1. The maximum atomic E-state index is 11.9. The largest absolute Gasteiger partial charge is 0.482 e. The molecule has 1 saturated carbocycles. The van der Waals surface area contributed by atoms with E-state index in [0.29, 0.717) is 18.0 Å². The Balaban J connectivity index is 1.45. The van der Waals surface area contributed by atoms with Crippen molar-refractivity contribution in [3.8, 4) is 5.75 Å². The van der Waals surface area contributed by atoms with Crippen LogP contribution in [0.4, 0.5) is 5.69 Å². The van der Waals surface area contributed by atoms with Crippen LogP contribution in [-0.2, 0) is 14.3 Å². The van der Waals surface area contributed by atoms with Gasteiger partial charge in [0.1, 0.15) is 11.9 Å². The molecule has 1 aromatic rings. The van der Waals surface area contributed by atoms with Gasteiger partial charge in [-0.25, -0.2) is 4.79 Å². The highest BCUT2D eigenvalue weighted by molar-refractivity contribution is 5.71. The summed E-state index contributed by atoms with van der Waals surface area (Å²) >= 11 is 0. The van der Waals surface area contributed by atoms with Gasteiger partial charge in [0.15, 0.2) is 6.61 Å². The molecule has 1 saturated heterocycles. The molecule has 0 radical (unpaired) electrons. The monoisotopic (exact) mass is 291 g/mol. The lowest BCUT2D eigenvalue weighted by Gasteiger charge is -2.46. The number of esters is 1. The second-order valence-electron chi connectivity index (χ2n) is 5.85. The van der Waals surface area contributed by atoms with Crippen LogP contribution in [0.3, 0.4) is 0 Å². The van der Waals surface area contributed by atoms with Crippen LogP contribution in [0.1, 0.15) is 32.1 Å². The van der Waals surface area contributed by atoms with Crippen molar-refractivity contribution in [2.75, 3.05) is 18.9 Å². The minimum Gasteiger partial charge on any atom is -0.482 e. The molecule has 2 N–H and O–H groups in total. The van der Waals surface area contributed by atoms with E-state index >= 15 is 0 Å². The first-order valence-electron chi connectivity index (χ1n) is 7.47. The highest BCUT2D eigenvalue weighted by Gasteiger charge is 2.43. The van der Waals surface area contributed by atoms with Crippen LogP contribution in [0.5, 0.6) is 5.75 Å². The fourth-order valence-electron chi connectivity index (χ4n) is 2.97. The third kappa shape index (κ3) is 3.47. The summed E-state index contributed by atoms with van der Waals surface area (Å²) in [6, 6.07) is 7.01. The first-order chi connectivity index (χ1) is 10.2. The summed E-state index contributed by atoms with van der Waals surface area (Å²) in [6.07, 6.45) is 4.92. The molecule has 0 aromatic heterocycles. The van der Waals surface area contributed by atoms with Crippen LogP contribution < -0.4 is 10.5 Å². The summed E-state index contributed by atoms with van der Waals surface area (Å²) in [6.45, 7) is 0.585. The van der Waals surface area contributed by atoms with Gasteiger partial charge in [0.2, 0.25) is 0 Å². The van der Waals surface area contributed by atoms with Gasteiger partial charge >= 0.3 is 5.97 Å². The first kappa shape index (κ1) is 14.2. The Hall–Kier alpha value is -1.75. The molecule has 1 aliphatic heterocycles. The van der Waals surface area contributed by atoms with E-state index in [1.807, 2.05) is 0 Å². The molecule has 1 atom stereocenters. The molecular formula is C16H21NO4. The van der Waals surface area contributed by atoms with E-state index in [0.717, 1.165) is 25.7 Å². The number of nitrogens with two attached hydrogens (primary N) is 1. The lowest BCUT2D eigenvalue weighted by Crippen LogP contribution is -2.48. The zero-order valence-electron chi connectivity index (χ0n) is 12.0. The zero-order valence-corrected chi connectivity index (χ0v) is 12.0. The SMILES string of the molecule is Nc1cccc(OCC(=O)OC2CCOC3(CCC3)C2)c1. The van der Waals surface area contributed by atoms with Crippen molar-refractivity contribution in [1.29, 1.82) is 0 Å². The van der Waals surface area contributed by atoms with Gasteiger partial charge in [-0.1, -0.05) is 6.07 Å². The number of hydrogen-bond acceptors (Lipinski definition) is 5. The fourth-order valence-corrected chi connectivity index (χ4v) is 2.97. The van der Waals surface area contributed by atoms with Crippen molar-refractivity contribution in [3.63, 3.8) is 0 Å². The Morgan fingerprint density at radius 1 is 1.43 bits per heavy atom. The van der Waals surface area contributed by atoms with E-state index in [4.69, 9.17) is 19.9 Å². The van der Waals surface area contributed by atoms with Gasteiger partial charge in [0.25, 0.3) is 0 Å². The molecule has 21 heavy (non-hydrogen) atoms. The third-order valence-corrected chi connectivity index (χ3v) is 4.23. The topological polar surface area (TPSA) is 70.8 Å². The van der Waals surface area contributed by atoms with Crippen LogP contribution >= 0.6 is 0 Å². The van der Waals surface area contributed by atoms with Crippen LogP contribution in [0.2, 0.25) is 0 Å². The molecule has 2 aliphatic rings. The number of rotatable bonds is 4. The highest BCUT2D eigenvalue weighted by atomic mass is 16.6. The number of carbonyl (C=O) groups excluding carboxylic acids is 1. The lowest BCUT2D eigenvalue weighted by atomic mass is 9.74. The number of benzene rings is 1. The summed E-state index contributed by atoms with van der Waals surface area (Å²) < 4.78 is 16.7. The molecule has 5 nitrogen and oxygen atoms in total. The Morgan fingerprint density at radius 3 is 3.00 bits per heavy atom. The van der Waals surface area contributed by atoms with Gasteiger partial charge < -0.3 is 19.9 Å². The van der Waals surface area contributed by atoms with Crippen molar-refractivity contribution in [2.24, 2.45) is 0 Å². The molecule has 3 rings (SSSR count). The normalized spacial score (nSPS) is 23.3. The second-order valence-corrected chi connectivity index (χ2v) is 5.85. The van der Waals surface area contributed by atoms with E-state index in [1.165, 1.54) is 6.42 Å². The fraction of sp³-hybridized carbons (Fsp3) is 0.562. The lowest BCUT2D eigenvalue weighted by molar-refractivity contribution is -0.182. The molecule has 1 spiro atoms. The Kier molecular flexibility index (Phi) is 4.01. The molecule has 114 valence electrons. The third-order valence-electron chi connectivity index (χ3n) is 4.23. The van der Waals surface area contributed by atoms with E-state index < -0.39 is 0 Å². The van der Waals surface area contributed by atoms with Crippen LogP contribution in [0, 0.1) is 0 Å². The van der Waals surface area contributed by atoms with Gasteiger partial charge in [-0.15, -0.1) is 0 Å². The van der Waals surface area contributed by atoms with E-state index in [-0.39, 0.29) is 24.3 Å². The van der Waals surface area contributed by atoms with Crippen molar-refractivity contribution >= 4 is 11.7 Å². The standard InChI is InChI=1S/C16H21NO4/c17-12-3-1-4-13(9-12)19-11-15(18)21-14-5-8-20-16(10-14)6-2-7-16/h1,3-4,9,14H,2,5-8,10-11,17H2. The summed E-state index contributed by atoms with van der Waals surface area (Å²) in [7, 11) is 0. The van der Waals surface area contributed by atoms with Crippen molar-refractivity contribution in [2.45, 2.75) is 43.8 Å².